The van der Waals surface area contributed by atoms with Crippen molar-refractivity contribution < 1.29 is 0 Å². The highest BCUT2D eigenvalue weighted by molar-refractivity contribution is 5.30. The van der Waals surface area contributed by atoms with Gasteiger partial charge < -0.3 is 5.32 Å². The molecule has 0 amide bonds. The maximum Gasteiger partial charge on any atom is 0.0995 e. The standard InChI is InChI=1S/C14H21N5/c1-11(2)19-9-13(7-17-19)18-10-16-8-14(18)12-3-5-15-6-4-12/h7-12,15H,3-6H2,1-2H3. The summed E-state index contributed by atoms with van der Waals surface area (Å²) in [7, 11) is 0. The Morgan fingerprint density at radius 2 is 2.05 bits per heavy atom. The van der Waals surface area contributed by atoms with Gasteiger partial charge in [0.2, 0.25) is 0 Å². The summed E-state index contributed by atoms with van der Waals surface area (Å²) in [4.78, 5) is 4.33. The Morgan fingerprint density at radius 3 is 2.74 bits per heavy atom. The molecule has 1 fully saturated rings. The summed E-state index contributed by atoms with van der Waals surface area (Å²) in [5, 5.41) is 7.82. The van der Waals surface area contributed by atoms with Crippen LogP contribution in [0.25, 0.3) is 5.69 Å². The van der Waals surface area contributed by atoms with E-state index in [0.717, 1.165) is 18.8 Å². The summed E-state index contributed by atoms with van der Waals surface area (Å²) < 4.78 is 4.17. The van der Waals surface area contributed by atoms with Crippen LogP contribution in [0.5, 0.6) is 0 Å². The molecule has 1 aliphatic rings. The first-order valence-corrected chi connectivity index (χ1v) is 7.03. The minimum atomic E-state index is 0.389. The van der Waals surface area contributed by atoms with Crippen LogP contribution < -0.4 is 5.32 Å². The van der Waals surface area contributed by atoms with Crippen molar-refractivity contribution in [2.45, 2.75) is 38.6 Å². The number of piperidine rings is 1. The molecule has 3 rings (SSSR count). The zero-order valence-electron chi connectivity index (χ0n) is 11.6. The molecule has 102 valence electrons. The second-order valence-electron chi connectivity index (χ2n) is 5.49. The zero-order valence-corrected chi connectivity index (χ0v) is 11.6. The molecule has 0 spiro atoms. The minimum Gasteiger partial charge on any atom is -0.317 e. The molecule has 0 saturated carbocycles. The van der Waals surface area contributed by atoms with Crippen molar-refractivity contribution in [2.24, 2.45) is 0 Å². The summed E-state index contributed by atoms with van der Waals surface area (Å²) in [6.45, 7) is 6.47. The highest BCUT2D eigenvalue weighted by Crippen LogP contribution is 2.27. The van der Waals surface area contributed by atoms with E-state index in [2.05, 4.69) is 40.0 Å². The van der Waals surface area contributed by atoms with Gasteiger partial charge in [-0.05, 0) is 39.8 Å². The molecule has 19 heavy (non-hydrogen) atoms. The molecular weight excluding hydrogens is 238 g/mol. The van der Waals surface area contributed by atoms with E-state index in [4.69, 9.17) is 0 Å². The maximum absolute atomic E-state index is 4.41. The van der Waals surface area contributed by atoms with Gasteiger partial charge in [-0.2, -0.15) is 5.10 Å². The number of hydrogen-bond acceptors (Lipinski definition) is 3. The molecular formula is C14H21N5. The summed E-state index contributed by atoms with van der Waals surface area (Å²) >= 11 is 0. The first kappa shape index (κ1) is 12.4. The fourth-order valence-corrected chi connectivity index (χ4v) is 2.68. The lowest BCUT2D eigenvalue weighted by molar-refractivity contribution is 0.449. The van der Waals surface area contributed by atoms with E-state index in [1.54, 1.807) is 0 Å². The lowest BCUT2D eigenvalue weighted by atomic mass is 9.95. The van der Waals surface area contributed by atoms with Gasteiger partial charge in [0.05, 0.1) is 18.2 Å². The molecule has 5 heteroatoms. The molecule has 0 bridgehead atoms. The van der Waals surface area contributed by atoms with E-state index in [1.807, 2.05) is 23.4 Å². The van der Waals surface area contributed by atoms with E-state index in [0.29, 0.717) is 12.0 Å². The monoisotopic (exact) mass is 259 g/mol. The van der Waals surface area contributed by atoms with Crippen LogP contribution >= 0.6 is 0 Å². The van der Waals surface area contributed by atoms with Crippen molar-refractivity contribution in [1.82, 2.24) is 24.6 Å². The lowest BCUT2D eigenvalue weighted by Gasteiger charge is -2.23. The van der Waals surface area contributed by atoms with E-state index in [1.165, 1.54) is 18.5 Å². The topological polar surface area (TPSA) is 47.7 Å². The fourth-order valence-electron chi connectivity index (χ4n) is 2.68. The van der Waals surface area contributed by atoms with Crippen LogP contribution in [0.15, 0.2) is 24.9 Å². The van der Waals surface area contributed by atoms with Gasteiger partial charge in [-0.3, -0.25) is 9.25 Å². The minimum absolute atomic E-state index is 0.389. The molecule has 1 N–H and O–H groups in total. The Balaban J connectivity index is 1.89. The molecule has 1 saturated heterocycles. The van der Waals surface area contributed by atoms with Gasteiger partial charge in [0.15, 0.2) is 0 Å². The van der Waals surface area contributed by atoms with Crippen LogP contribution in [0.3, 0.4) is 0 Å². The van der Waals surface area contributed by atoms with Crippen molar-refractivity contribution in [3.8, 4) is 5.69 Å². The predicted octanol–water partition coefficient (Wildman–Crippen LogP) is 2.12. The number of nitrogens with zero attached hydrogens (tertiary/aromatic N) is 4. The molecule has 0 radical (unpaired) electrons. The Bertz CT molecular complexity index is 534. The molecule has 0 atom stereocenters. The van der Waals surface area contributed by atoms with E-state index in [9.17, 15) is 0 Å². The van der Waals surface area contributed by atoms with Crippen LogP contribution in [-0.4, -0.2) is 32.4 Å². The third-order valence-corrected chi connectivity index (χ3v) is 3.82. The molecule has 2 aromatic heterocycles. The van der Waals surface area contributed by atoms with Gasteiger partial charge in [0, 0.05) is 30.0 Å². The van der Waals surface area contributed by atoms with Crippen molar-refractivity contribution in [2.75, 3.05) is 13.1 Å². The highest BCUT2D eigenvalue weighted by Gasteiger charge is 2.19. The molecule has 1 aliphatic heterocycles. The number of hydrogen-bond donors (Lipinski definition) is 1. The Labute approximate surface area is 113 Å². The molecule has 0 unspecified atom stereocenters. The first-order valence-electron chi connectivity index (χ1n) is 7.03. The summed E-state index contributed by atoms with van der Waals surface area (Å²) in [6.07, 6.45) is 10.3. The first-order chi connectivity index (χ1) is 9.25. The second-order valence-corrected chi connectivity index (χ2v) is 5.49. The summed E-state index contributed by atoms with van der Waals surface area (Å²) in [5.41, 5.74) is 2.42. The van der Waals surface area contributed by atoms with Crippen molar-refractivity contribution >= 4 is 0 Å². The maximum atomic E-state index is 4.41. The molecule has 0 aromatic carbocycles. The number of rotatable bonds is 3. The quantitative estimate of drug-likeness (QED) is 0.918. The fraction of sp³-hybridized carbons (Fsp3) is 0.571. The largest absolute Gasteiger partial charge is 0.317 e. The van der Waals surface area contributed by atoms with Crippen LogP contribution in [0.1, 0.15) is 44.3 Å². The van der Waals surface area contributed by atoms with Gasteiger partial charge >= 0.3 is 0 Å². The van der Waals surface area contributed by atoms with Crippen LogP contribution in [0, 0.1) is 0 Å². The third kappa shape index (κ3) is 2.42. The molecule has 0 aliphatic carbocycles. The molecule has 5 nitrogen and oxygen atoms in total. The van der Waals surface area contributed by atoms with Gasteiger partial charge in [-0.25, -0.2) is 4.98 Å². The van der Waals surface area contributed by atoms with Gasteiger partial charge in [-0.15, -0.1) is 0 Å². The van der Waals surface area contributed by atoms with E-state index < -0.39 is 0 Å². The summed E-state index contributed by atoms with van der Waals surface area (Å²) in [5.74, 6) is 0.603. The Hall–Kier alpha value is -1.62. The number of aromatic nitrogens is 4. The highest BCUT2D eigenvalue weighted by atomic mass is 15.3. The Morgan fingerprint density at radius 1 is 1.26 bits per heavy atom. The van der Waals surface area contributed by atoms with E-state index in [-0.39, 0.29) is 0 Å². The van der Waals surface area contributed by atoms with Gasteiger partial charge in [-0.1, -0.05) is 0 Å². The van der Waals surface area contributed by atoms with Crippen molar-refractivity contribution in [1.29, 1.82) is 0 Å². The average Bonchev–Trinajstić information content (AvgIpc) is 3.08. The molecule has 3 heterocycles. The average molecular weight is 259 g/mol. The van der Waals surface area contributed by atoms with Crippen LogP contribution in [0.4, 0.5) is 0 Å². The second kappa shape index (κ2) is 5.17. The van der Waals surface area contributed by atoms with Crippen molar-refractivity contribution in [3.63, 3.8) is 0 Å². The normalized spacial score (nSPS) is 17.2. The lowest BCUT2D eigenvalue weighted by Crippen LogP contribution is -2.27. The molecule has 2 aromatic rings. The summed E-state index contributed by atoms with van der Waals surface area (Å²) in [6, 6.07) is 0.389. The van der Waals surface area contributed by atoms with Crippen molar-refractivity contribution in [3.05, 3.63) is 30.6 Å². The smallest absolute Gasteiger partial charge is 0.0995 e. The van der Waals surface area contributed by atoms with Crippen LogP contribution in [-0.2, 0) is 0 Å². The van der Waals surface area contributed by atoms with Gasteiger partial charge in [0.1, 0.15) is 0 Å². The SMILES string of the molecule is CC(C)n1cc(-n2cncc2C2CCNCC2)cn1. The van der Waals surface area contributed by atoms with Gasteiger partial charge in [0.25, 0.3) is 0 Å². The Kier molecular flexibility index (Phi) is 3.38. The third-order valence-electron chi connectivity index (χ3n) is 3.82. The zero-order chi connectivity index (χ0) is 13.2. The number of imidazole rings is 1. The predicted molar refractivity (Wildman–Crippen MR) is 74.6 cm³/mol. The van der Waals surface area contributed by atoms with E-state index >= 15 is 0 Å². The number of nitrogens with one attached hydrogen (secondary N) is 1. The van der Waals surface area contributed by atoms with Crippen LogP contribution in [0.2, 0.25) is 0 Å².